The molecule has 12 heteroatoms. The number of methoxy groups -OCH3 is 2. The number of allylic oxidation sites excluding steroid dienone is 1. The number of halogens is 1. The van der Waals surface area contributed by atoms with Crippen LogP contribution in [0.4, 0.5) is 11.5 Å². The molecule has 0 saturated carbocycles. The highest BCUT2D eigenvalue weighted by molar-refractivity contribution is 6.47. The Balaban J connectivity index is 1.44. The number of rotatable bonds is 11. The number of hydrogen-bond donors (Lipinski definition) is 3. The smallest absolute Gasteiger partial charge is 0.278 e. The predicted octanol–water partition coefficient (Wildman–Crippen LogP) is 5.34. The van der Waals surface area contributed by atoms with Gasteiger partial charge in [-0.1, -0.05) is 11.6 Å². The van der Waals surface area contributed by atoms with Crippen LogP contribution in [0.5, 0.6) is 11.5 Å². The molecule has 1 aliphatic rings. The van der Waals surface area contributed by atoms with Crippen molar-refractivity contribution in [3.8, 4) is 11.5 Å². The SMILES string of the molecule is CCO/C(=C/Nc1ccncc1Cl)C(=N)C(=O)Nc1ccc(Oc2ccnc3c2CC=C(OC)C(OC)=C3)cn1. The molecule has 3 heterocycles. The quantitative estimate of drug-likeness (QED) is 0.208. The average Bonchev–Trinajstić information content (AvgIpc) is 3.16. The number of amides is 1. The van der Waals surface area contributed by atoms with Gasteiger partial charge in [0, 0.05) is 42.9 Å². The van der Waals surface area contributed by atoms with Gasteiger partial charge in [0.15, 0.2) is 23.0 Å². The van der Waals surface area contributed by atoms with Crippen LogP contribution in [0.3, 0.4) is 0 Å². The van der Waals surface area contributed by atoms with Crippen LogP contribution in [0.2, 0.25) is 5.02 Å². The molecule has 0 bridgehead atoms. The van der Waals surface area contributed by atoms with Gasteiger partial charge in [-0.2, -0.15) is 0 Å². The number of nitrogens with one attached hydrogen (secondary N) is 3. The number of hydrogen-bond acceptors (Lipinski definition) is 10. The average molecular weight is 563 g/mol. The number of fused-ring (bicyclic) bond motifs is 1. The summed E-state index contributed by atoms with van der Waals surface area (Å²) in [6, 6.07) is 6.65. The van der Waals surface area contributed by atoms with Crippen molar-refractivity contribution in [3.05, 3.63) is 94.9 Å². The van der Waals surface area contributed by atoms with Gasteiger partial charge in [0.2, 0.25) is 0 Å². The first-order valence-corrected chi connectivity index (χ1v) is 12.5. The van der Waals surface area contributed by atoms with E-state index < -0.39 is 11.6 Å². The van der Waals surface area contributed by atoms with E-state index in [1.54, 1.807) is 63.9 Å². The van der Waals surface area contributed by atoms with Gasteiger partial charge in [0.1, 0.15) is 17.3 Å². The fourth-order valence-electron chi connectivity index (χ4n) is 3.66. The summed E-state index contributed by atoms with van der Waals surface area (Å²) in [5.41, 5.74) is 1.71. The molecular weight excluding hydrogens is 536 g/mol. The van der Waals surface area contributed by atoms with E-state index in [1.165, 1.54) is 18.6 Å². The normalized spacial score (nSPS) is 12.7. The fraction of sp³-hybridized carbons (Fsp3) is 0.179. The van der Waals surface area contributed by atoms with Gasteiger partial charge in [0.25, 0.3) is 5.91 Å². The van der Waals surface area contributed by atoms with Crippen molar-refractivity contribution in [2.24, 2.45) is 0 Å². The molecule has 0 fully saturated rings. The molecule has 1 amide bonds. The van der Waals surface area contributed by atoms with E-state index >= 15 is 0 Å². The molecule has 3 aromatic heterocycles. The molecule has 0 aromatic carbocycles. The Labute approximate surface area is 236 Å². The third kappa shape index (κ3) is 6.75. The molecule has 4 rings (SSSR count). The maximum absolute atomic E-state index is 12.7. The van der Waals surface area contributed by atoms with Crippen molar-refractivity contribution in [2.75, 3.05) is 31.5 Å². The molecule has 0 radical (unpaired) electrons. The maximum Gasteiger partial charge on any atom is 0.278 e. The summed E-state index contributed by atoms with van der Waals surface area (Å²) >= 11 is 6.10. The Hall–Kier alpha value is -4.90. The molecule has 0 unspecified atom stereocenters. The van der Waals surface area contributed by atoms with Crippen LogP contribution in [0, 0.1) is 5.41 Å². The Bertz CT molecular complexity index is 1490. The zero-order valence-electron chi connectivity index (χ0n) is 22.0. The number of carbonyl (C=O) groups is 1. The third-order valence-corrected chi connectivity index (χ3v) is 5.90. The molecular formula is C28H27ClN6O5. The summed E-state index contributed by atoms with van der Waals surface area (Å²) < 4.78 is 22.4. The summed E-state index contributed by atoms with van der Waals surface area (Å²) in [7, 11) is 3.15. The Kier molecular flexibility index (Phi) is 9.31. The van der Waals surface area contributed by atoms with Crippen LogP contribution >= 0.6 is 11.6 Å². The maximum atomic E-state index is 12.7. The number of carbonyl (C=O) groups excluding carboxylic acids is 1. The first-order valence-electron chi connectivity index (χ1n) is 12.1. The molecule has 0 saturated heterocycles. The zero-order valence-corrected chi connectivity index (χ0v) is 22.8. The molecule has 1 aliphatic carbocycles. The number of ether oxygens (including phenoxy) is 4. The minimum Gasteiger partial charge on any atom is -0.493 e. The molecule has 11 nitrogen and oxygen atoms in total. The Morgan fingerprint density at radius 3 is 2.62 bits per heavy atom. The second kappa shape index (κ2) is 13.3. The first kappa shape index (κ1) is 28.1. The van der Waals surface area contributed by atoms with Crippen molar-refractivity contribution in [2.45, 2.75) is 13.3 Å². The highest BCUT2D eigenvalue weighted by Gasteiger charge is 2.19. The van der Waals surface area contributed by atoms with Gasteiger partial charge in [-0.05, 0) is 37.3 Å². The van der Waals surface area contributed by atoms with Gasteiger partial charge in [0.05, 0.1) is 43.4 Å². The minimum absolute atomic E-state index is 0.0302. The van der Waals surface area contributed by atoms with E-state index in [0.717, 1.165) is 5.56 Å². The van der Waals surface area contributed by atoms with Crippen LogP contribution in [0.25, 0.3) is 6.08 Å². The summed E-state index contributed by atoms with van der Waals surface area (Å²) in [4.78, 5) is 25.4. The lowest BCUT2D eigenvalue weighted by molar-refractivity contribution is -0.110. The van der Waals surface area contributed by atoms with Crippen molar-refractivity contribution in [3.63, 3.8) is 0 Å². The number of anilines is 2. The number of nitrogens with zero attached hydrogens (tertiary/aromatic N) is 3. The molecule has 206 valence electrons. The van der Waals surface area contributed by atoms with Crippen molar-refractivity contribution >= 4 is 40.8 Å². The lowest BCUT2D eigenvalue weighted by Gasteiger charge is -2.13. The summed E-state index contributed by atoms with van der Waals surface area (Å²) in [5, 5.41) is 14.2. The van der Waals surface area contributed by atoms with Gasteiger partial charge >= 0.3 is 0 Å². The molecule has 0 atom stereocenters. The fourth-order valence-corrected chi connectivity index (χ4v) is 3.83. The molecule has 40 heavy (non-hydrogen) atoms. The largest absolute Gasteiger partial charge is 0.493 e. The van der Waals surface area contributed by atoms with Crippen LogP contribution in [-0.4, -0.2) is 47.4 Å². The van der Waals surface area contributed by atoms with E-state index in [1.807, 2.05) is 6.08 Å². The van der Waals surface area contributed by atoms with E-state index in [2.05, 4.69) is 25.6 Å². The molecule has 0 aliphatic heterocycles. The van der Waals surface area contributed by atoms with E-state index in [9.17, 15) is 4.79 Å². The second-order valence-corrected chi connectivity index (χ2v) is 8.52. The van der Waals surface area contributed by atoms with Crippen LogP contribution in [-0.2, 0) is 25.4 Å². The summed E-state index contributed by atoms with van der Waals surface area (Å²) in [5.74, 6) is 1.78. The highest BCUT2D eigenvalue weighted by atomic mass is 35.5. The predicted molar refractivity (Wildman–Crippen MR) is 151 cm³/mol. The Morgan fingerprint density at radius 2 is 1.93 bits per heavy atom. The van der Waals surface area contributed by atoms with Crippen molar-refractivity contribution in [1.82, 2.24) is 15.0 Å². The minimum atomic E-state index is -0.704. The van der Waals surface area contributed by atoms with Gasteiger partial charge < -0.3 is 29.6 Å². The summed E-state index contributed by atoms with van der Waals surface area (Å²) in [6.07, 6.45) is 11.8. The lowest BCUT2D eigenvalue weighted by Crippen LogP contribution is -2.25. The lowest BCUT2D eigenvalue weighted by atomic mass is 10.1. The molecule has 3 N–H and O–H groups in total. The van der Waals surface area contributed by atoms with Gasteiger partial charge in [-0.3, -0.25) is 20.2 Å². The van der Waals surface area contributed by atoms with Gasteiger partial charge in [-0.25, -0.2) is 4.98 Å². The zero-order chi connectivity index (χ0) is 28.5. The van der Waals surface area contributed by atoms with Crippen LogP contribution in [0.15, 0.2) is 78.6 Å². The monoisotopic (exact) mass is 562 g/mol. The summed E-state index contributed by atoms with van der Waals surface area (Å²) in [6.45, 7) is 2.00. The van der Waals surface area contributed by atoms with Gasteiger partial charge in [-0.15, -0.1) is 0 Å². The number of aromatic nitrogens is 3. The van der Waals surface area contributed by atoms with Crippen molar-refractivity contribution < 1.29 is 23.7 Å². The molecule has 3 aromatic rings. The third-order valence-electron chi connectivity index (χ3n) is 5.60. The number of pyridine rings is 3. The van der Waals surface area contributed by atoms with E-state index in [0.29, 0.717) is 45.8 Å². The van der Waals surface area contributed by atoms with E-state index in [4.69, 9.17) is 36.0 Å². The van der Waals surface area contributed by atoms with Crippen molar-refractivity contribution in [1.29, 1.82) is 5.41 Å². The Morgan fingerprint density at radius 1 is 1.10 bits per heavy atom. The standard InChI is InChI=1S/C28H27ClN6O5/c1-4-39-25(16-33-20-9-11-31-15-19(20)29)27(30)28(36)35-26-8-5-17(14-34-26)40-22-10-12-32-21-13-24(38-3)23(37-2)7-6-18(21)22/h5,7-16,30H,4,6H2,1-3H3,(H,31,33)(H,34,35,36)/b25-16+,30-27?. The second-order valence-electron chi connectivity index (χ2n) is 8.11. The highest BCUT2D eigenvalue weighted by Crippen LogP contribution is 2.32. The topological polar surface area (TPSA) is 141 Å². The van der Waals surface area contributed by atoms with E-state index in [-0.39, 0.29) is 18.2 Å². The van der Waals surface area contributed by atoms with Crippen LogP contribution < -0.4 is 15.4 Å². The van der Waals surface area contributed by atoms with Crippen LogP contribution in [0.1, 0.15) is 18.2 Å². The molecule has 0 spiro atoms. The first-order chi connectivity index (χ1) is 19.4.